The molecule has 0 bridgehead atoms. The first kappa shape index (κ1) is 14.3. The van der Waals surface area contributed by atoms with E-state index in [9.17, 15) is 4.79 Å². The average molecular weight is 329 g/mol. The summed E-state index contributed by atoms with van der Waals surface area (Å²) in [6.07, 6.45) is 0. The number of hydrogen-bond donors (Lipinski definition) is 0. The number of halogens is 1. The number of nitriles is 1. The lowest BCUT2D eigenvalue weighted by Gasteiger charge is -2.18. The molecule has 0 radical (unpaired) electrons. The number of anilines is 1. The van der Waals surface area contributed by atoms with Crippen LogP contribution in [0.5, 0.6) is 0 Å². The second-order valence-corrected chi connectivity index (χ2v) is 5.40. The topological polar surface area (TPSA) is 44.1 Å². The van der Waals surface area contributed by atoms with Gasteiger partial charge in [0.2, 0.25) is 0 Å². The fraction of sp³-hybridized carbons (Fsp3) is 0.125. The summed E-state index contributed by atoms with van der Waals surface area (Å²) in [7, 11) is 1.73. The number of hydrogen-bond acceptors (Lipinski definition) is 2. The number of nitrogens with zero attached hydrogens (tertiary/aromatic N) is 2. The third kappa shape index (κ3) is 2.89. The molecule has 2 aromatic rings. The van der Waals surface area contributed by atoms with E-state index in [-0.39, 0.29) is 5.91 Å². The maximum atomic E-state index is 12.5. The summed E-state index contributed by atoms with van der Waals surface area (Å²) in [4.78, 5) is 14.1. The molecule has 1 amide bonds. The van der Waals surface area contributed by atoms with Crippen molar-refractivity contribution in [3.8, 4) is 6.07 Å². The molecule has 0 aromatic heterocycles. The molecular weight excluding hydrogens is 316 g/mol. The molecule has 0 unspecified atom stereocenters. The molecule has 0 N–H and O–H groups in total. The zero-order valence-corrected chi connectivity index (χ0v) is 12.8. The minimum absolute atomic E-state index is 0.0697. The molecule has 100 valence electrons. The van der Waals surface area contributed by atoms with Crippen molar-refractivity contribution in [3.63, 3.8) is 0 Å². The van der Waals surface area contributed by atoms with Crippen LogP contribution >= 0.6 is 15.9 Å². The Morgan fingerprint density at radius 3 is 2.40 bits per heavy atom. The largest absolute Gasteiger partial charge is 0.311 e. The van der Waals surface area contributed by atoms with E-state index in [1.807, 2.05) is 25.1 Å². The highest BCUT2D eigenvalue weighted by atomic mass is 79.9. The molecule has 0 saturated heterocycles. The van der Waals surface area contributed by atoms with E-state index in [1.165, 1.54) is 0 Å². The van der Waals surface area contributed by atoms with Crippen molar-refractivity contribution < 1.29 is 4.79 Å². The van der Waals surface area contributed by atoms with Gasteiger partial charge in [-0.25, -0.2) is 0 Å². The third-order valence-corrected chi connectivity index (χ3v) is 3.60. The summed E-state index contributed by atoms with van der Waals surface area (Å²) >= 11 is 3.39. The zero-order chi connectivity index (χ0) is 14.7. The van der Waals surface area contributed by atoms with Gasteiger partial charge in [0.1, 0.15) is 0 Å². The highest BCUT2D eigenvalue weighted by Crippen LogP contribution is 2.20. The minimum atomic E-state index is -0.0697. The Labute approximate surface area is 126 Å². The van der Waals surface area contributed by atoms with Gasteiger partial charge in [-0.05, 0) is 55.0 Å². The van der Waals surface area contributed by atoms with Crippen molar-refractivity contribution in [2.24, 2.45) is 0 Å². The van der Waals surface area contributed by atoms with Crippen molar-refractivity contribution in [2.45, 2.75) is 6.92 Å². The molecule has 0 heterocycles. The van der Waals surface area contributed by atoms with Gasteiger partial charge in [-0.1, -0.05) is 15.9 Å². The Hall–Kier alpha value is -2.12. The monoisotopic (exact) mass is 328 g/mol. The molecule has 4 heteroatoms. The van der Waals surface area contributed by atoms with Gasteiger partial charge in [-0.2, -0.15) is 5.26 Å². The van der Waals surface area contributed by atoms with E-state index in [0.29, 0.717) is 11.1 Å². The average Bonchev–Trinajstić information content (AvgIpc) is 2.46. The Kier molecular flexibility index (Phi) is 4.21. The summed E-state index contributed by atoms with van der Waals surface area (Å²) in [6.45, 7) is 1.91. The van der Waals surface area contributed by atoms with Crippen LogP contribution < -0.4 is 4.90 Å². The van der Waals surface area contributed by atoms with Gasteiger partial charge in [0.25, 0.3) is 5.91 Å². The van der Waals surface area contributed by atoms with Gasteiger partial charge in [0.15, 0.2) is 0 Å². The van der Waals surface area contributed by atoms with Crippen LogP contribution in [-0.2, 0) is 0 Å². The Bertz CT molecular complexity index is 687. The van der Waals surface area contributed by atoms with Crippen LogP contribution in [0.4, 0.5) is 5.69 Å². The SMILES string of the molecule is Cc1cc(Br)ccc1C(=O)N(C)c1ccc(C#N)cc1. The molecule has 0 atom stereocenters. The van der Waals surface area contributed by atoms with Gasteiger partial charge in [0.05, 0.1) is 11.6 Å². The Balaban J connectivity index is 2.30. The third-order valence-electron chi connectivity index (χ3n) is 3.11. The number of rotatable bonds is 2. The van der Waals surface area contributed by atoms with Crippen LogP contribution in [0.25, 0.3) is 0 Å². The van der Waals surface area contributed by atoms with Crippen LogP contribution in [0.3, 0.4) is 0 Å². The molecule has 0 aliphatic rings. The van der Waals surface area contributed by atoms with E-state index in [4.69, 9.17) is 5.26 Å². The van der Waals surface area contributed by atoms with Crippen molar-refractivity contribution in [1.29, 1.82) is 5.26 Å². The van der Waals surface area contributed by atoms with Crippen LogP contribution in [0.1, 0.15) is 21.5 Å². The lowest BCUT2D eigenvalue weighted by molar-refractivity contribution is 0.0992. The molecule has 0 fully saturated rings. The zero-order valence-electron chi connectivity index (χ0n) is 11.2. The number of aryl methyl sites for hydroxylation is 1. The van der Waals surface area contributed by atoms with Crippen molar-refractivity contribution >= 4 is 27.5 Å². The molecule has 0 spiro atoms. The van der Waals surface area contributed by atoms with Gasteiger partial charge in [0, 0.05) is 22.8 Å². The van der Waals surface area contributed by atoms with E-state index >= 15 is 0 Å². The number of carbonyl (C=O) groups excluding carboxylic acids is 1. The molecule has 2 rings (SSSR count). The first-order valence-electron chi connectivity index (χ1n) is 6.07. The smallest absolute Gasteiger partial charge is 0.258 e. The molecule has 20 heavy (non-hydrogen) atoms. The standard InChI is InChI=1S/C16H13BrN2O/c1-11-9-13(17)5-8-15(11)16(20)19(2)14-6-3-12(10-18)4-7-14/h3-9H,1-2H3. The van der Waals surface area contributed by atoms with Gasteiger partial charge >= 0.3 is 0 Å². The summed E-state index contributed by atoms with van der Waals surface area (Å²) in [5.41, 5.74) is 2.93. The molecule has 3 nitrogen and oxygen atoms in total. The summed E-state index contributed by atoms with van der Waals surface area (Å²) in [6, 6.07) is 14.6. The van der Waals surface area contributed by atoms with E-state index in [1.54, 1.807) is 36.2 Å². The fourth-order valence-electron chi connectivity index (χ4n) is 1.92. The van der Waals surface area contributed by atoms with Gasteiger partial charge in [-0.15, -0.1) is 0 Å². The van der Waals surface area contributed by atoms with Crippen LogP contribution in [-0.4, -0.2) is 13.0 Å². The number of carbonyl (C=O) groups is 1. The predicted molar refractivity (Wildman–Crippen MR) is 82.8 cm³/mol. The second-order valence-electron chi connectivity index (χ2n) is 4.48. The van der Waals surface area contributed by atoms with Crippen molar-refractivity contribution in [1.82, 2.24) is 0 Å². The second kappa shape index (κ2) is 5.89. The van der Waals surface area contributed by atoms with Crippen LogP contribution in [0.15, 0.2) is 46.9 Å². The normalized spacial score (nSPS) is 9.90. The molecule has 0 aliphatic heterocycles. The molecule has 2 aromatic carbocycles. The number of benzene rings is 2. The lowest BCUT2D eigenvalue weighted by atomic mass is 10.1. The van der Waals surface area contributed by atoms with E-state index in [2.05, 4.69) is 22.0 Å². The molecule has 0 saturated carbocycles. The quantitative estimate of drug-likeness (QED) is 0.838. The molecular formula is C16H13BrN2O. The van der Waals surface area contributed by atoms with Gasteiger partial charge in [-0.3, -0.25) is 4.79 Å². The first-order chi connectivity index (χ1) is 9.52. The predicted octanol–water partition coefficient (Wildman–Crippen LogP) is 3.91. The Morgan fingerprint density at radius 2 is 1.85 bits per heavy atom. The Morgan fingerprint density at radius 1 is 1.20 bits per heavy atom. The minimum Gasteiger partial charge on any atom is -0.311 e. The maximum Gasteiger partial charge on any atom is 0.258 e. The van der Waals surface area contributed by atoms with Gasteiger partial charge < -0.3 is 4.90 Å². The van der Waals surface area contributed by atoms with E-state index in [0.717, 1.165) is 15.7 Å². The number of amides is 1. The van der Waals surface area contributed by atoms with Crippen LogP contribution in [0, 0.1) is 18.3 Å². The van der Waals surface area contributed by atoms with E-state index < -0.39 is 0 Å². The highest BCUT2D eigenvalue weighted by molar-refractivity contribution is 9.10. The summed E-state index contributed by atoms with van der Waals surface area (Å²) in [5, 5.41) is 8.78. The lowest BCUT2D eigenvalue weighted by Crippen LogP contribution is -2.26. The van der Waals surface area contributed by atoms with Crippen molar-refractivity contribution in [2.75, 3.05) is 11.9 Å². The molecule has 0 aliphatic carbocycles. The van der Waals surface area contributed by atoms with Crippen molar-refractivity contribution in [3.05, 3.63) is 63.6 Å². The first-order valence-corrected chi connectivity index (χ1v) is 6.86. The highest BCUT2D eigenvalue weighted by Gasteiger charge is 2.15. The summed E-state index contributed by atoms with van der Waals surface area (Å²) in [5.74, 6) is -0.0697. The van der Waals surface area contributed by atoms with Crippen LogP contribution in [0.2, 0.25) is 0 Å². The fourth-order valence-corrected chi connectivity index (χ4v) is 2.40. The maximum absolute atomic E-state index is 12.5. The summed E-state index contributed by atoms with van der Waals surface area (Å²) < 4.78 is 0.951.